The number of benzene rings is 1. The molecule has 0 bridgehead atoms. The lowest BCUT2D eigenvalue weighted by Crippen LogP contribution is -2.24. The van der Waals surface area contributed by atoms with Crippen molar-refractivity contribution in [1.82, 2.24) is 0 Å². The van der Waals surface area contributed by atoms with Crippen molar-refractivity contribution >= 4 is 17.3 Å². The second-order valence-electron chi connectivity index (χ2n) is 4.69. The molecule has 1 aromatic rings. The molecule has 0 aromatic heterocycles. The zero-order chi connectivity index (χ0) is 15.4. The topological polar surface area (TPSA) is 111 Å². The van der Waals surface area contributed by atoms with Crippen molar-refractivity contribution in [1.29, 1.82) is 0 Å². The van der Waals surface area contributed by atoms with Gasteiger partial charge in [-0.1, -0.05) is 0 Å². The van der Waals surface area contributed by atoms with Crippen LogP contribution in [-0.2, 0) is 9.53 Å². The molecule has 0 saturated carbocycles. The number of nitro benzene ring substituents is 1. The average Bonchev–Trinajstić information content (AvgIpc) is 2.93. The highest BCUT2D eigenvalue weighted by molar-refractivity contribution is 5.72. The van der Waals surface area contributed by atoms with Crippen LogP contribution in [0.15, 0.2) is 18.2 Å². The quantitative estimate of drug-likeness (QED) is 0.606. The minimum atomic E-state index is -0.950. The van der Waals surface area contributed by atoms with Crippen LogP contribution in [-0.4, -0.2) is 41.9 Å². The van der Waals surface area contributed by atoms with Crippen molar-refractivity contribution < 1.29 is 24.3 Å². The molecule has 1 aromatic carbocycles. The fourth-order valence-corrected chi connectivity index (χ4v) is 2.21. The SMILES string of the molecule is COc1cc(NCC2CCC(C(=O)O)O2)ccc1[N+](=O)[O-]. The first-order valence-electron chi connectivity index (χ1n) is 6.46. The number of aliphatic carboxylic acids is 1. The van der Waals surface area contributed by atoms with Crippen LogP contribution < -0.4 is 10.1 Å². The minimum Gasteiger partial charge on any atom is -0.490 e. The second-order valence-corrected chi connectivity index (χ2v) is 4.69. The number of nitro groups is 1. The van der Waals surface area contributed by atoms with E-state index in [1.807, 2.05) is 0 Å². The van der Waals surface area contributed by atoms with Gasteiger partial charge in [-0.2, -0.15) is 0 Å². The van der Waals surface area contributed by atoms with Crippen LogP contribution in [0.2, 0.25) is 0 Å². The minimum absolute atomic E-state index is 0.105. The van der Waals surface area contributed by atoms with Gasteiger partial charge < -0.3 is 19.9 Å². The fraction of sp³-hybridized carbons (Fsp3) is 0.462. The second kappa shape index (κ2) is 6.40. The Hall–Kier alpha value is -2.35. The number of rotatable bonds is 6. The summed E-state index contributed by atoms with van der Waals surface area (Å²) >= 11 is 0. The van der Waals surface area contributed by atoms with Crippen LogP contribution in [0.3, 0.4) is 0 Å². The van der Waals surface area contributed by atoms with Crippen molar-refractivity contribution in [3.8, 4) is 5.75 Å². The lowest BCUT2D eigenvalue weighted by atomic mass is 10.2. The summed E-state index contributed by atoms with van der Waals surface area (Å²) in [6.07, 6.45) is 0.217. The lowest BCUT2D eigenvalue weighted by Gasteiger charge is -2.13. The summed E-state index contributed by atoms with van der Waals surface area (Å²) in [7, 11) is 1.36. The molecule has 1 aliphatic rings. The summed E-state index contributed by atoms with van der Waals surface area (Å²) in [5, 5.41) is 22.7. The van der Waals surface area contributed by atoms with Crippen molar-refractivity contribution in [3.63, 3.8) is 0 Å². The van der Waals surface area contributed by atoms with Gasteiger partial charge >= 0.3 is 11.7 Å². The monoisotopic (exact) mass is 296 g/mol. The largest absolute Gasteiger partial charge is 0.490 e. The lowest BCUT2D eigenvalue weighted by molar-refractivity contribution is -0.385. The number of anilines is 1. The molecule has 21 heavy (non-hydrogen) atoms. The van der Waals surface area contributed by atoms with Crippen molar-refractivity contribution in [2.24, 2.45) is 0 Å². The van der Waals surface area contributed by atoms with Gasteiger partial charge in [0.15, 0.2) is 11.9 Å². The highest BCUT2D eigenvalue weighted by Crippen LogP contribution is 2.30. The normalized spacial score (nSPS) is 21.0. The van der Waals surface area contributed by atoms with Gasteiger partial charge in [0.1, 0.15) is 0 Å². The van der Waals surface area contributed by atoms with Gasteiger partial charge in [0.05, 0.1) is 18.1 Å². The van der Waals surface area contributed by atoms with Crippen LogP contribution in [0.25, 0.3) is 0 Å². The molecule has 1 heterocycles. The number of carboxylic acid groups (broad SMARTS) is 1. The summed E-state index contributed by atoms with van der Waals surface area (Å²) in [5.41, 5.74) is 0.547. The van der Waals surface area contributed by atoms with Crippen LogP contribution in [0.1, 0.15) is 12.8 Å². The molecule has 1 aliphatic heterocycles. The Labute approximate surface area is 120 Å². The molecule has 0 amide bonds. The third kappa shape index (κ3) is 3.60. The molecule has 2 rings (SSSR count). The smallest absolute Gasteiger partial charge is 0.332 e. The third-order valence-corrected chi connectivity index (χ3v) is 3.29. The van der Waals surface area contributed by atoms with E-state index in [9.17, 15) is 14.9 Å². The number of nitrogens with one attached hydrogen (secondary N) is 1. The van der Waals surface area contributed by atoms with E-state index in [0.29, 0.717) is 25.1 Å². The van der Waals surface area contributed by atoms with E-state index in [1.54, 1.807) is 6.07 Å². The van der Waals surface area contributed by atoms with E-state index >= 15 is 0 Å². The van der Waals surface area contributed by atoms with Gasteiger partial charge in [0, 0.05) is 24.4 Å². The summed E-state index contributed by atoms with van der Waals surface area (Å²) < 4.78 is 10.3. The Kier molecular flexibility index (Phi) is 4.59. The van der Waals surface area contributed by atoms with E-state index in [-0.39, 0.29) is 17.5 Å². The van der Waals surface area contributed by atoms with Gasteiger partial charge in [0.2, 0.25) is 0 Å². The number of carbonyl (C=O) groups is 1. The zero-order valence-electron chi connectivity index (χ0n) is 11.4. The maximum atomic E-state index is 10.8. The van der Waals surface area contributed by atoms with Gasteiger partial charge in [-0.15, -0.1) is 0 Å². The van der Waals surface area contributed by atoms with E-state index in [2.05, 4.69) is 5.32 Å². The molecule has 0 spiro atoms. The molecule has 1 saturated heterocycles. The average molecular weight is 296 g/mol. The molecular weight excluding hydrogens is 280 g/mol. The van der Waals surface area contributed by atoms with E-state index in [0.717, 1.165) is 0 Å². The third-order valence-electron chi connectivity index (χ3n) is 3.29. The van der Waals surface area contributed by atoms with Gasteiger partial charge in [-0.05, 0) is 18.9 Å². The number of methoxy groups -OCH3 is 1. The summed E-state index contributed by atoms with van der Waals surface area (Å²) in [6.45, 7) is 0.435. The maximum Gasteiger partial charge on any atom is 0.332 e. The molecule has 8 nitrogen and oxygen atoms in total. The molecule has 2 N–H and O–H groups in total. The van der Waals surface area contributed by atoms with Crippen LogP contribution in [0.4, 0.5) is 11.4 Å². The zero-order valence-corrected chi connectivity index (χ0v) is 11.4. The number of carboxylic acids is 1. The highest BCUT2D eigenvalue weighted by Gasteiger charge is 2.30. The van der Waals surface area contributed by atoms with Gasteiger partial charge in [-0.25, -0.2) is 4.79 Å². The first-order valence-corrected chi connectivity index (χ1v) is 6.46. The standard InChI is InChI=1S/C13H16N2O6/c1-20-12-6-8(2-4-10(12)15(18)19)14-7-9-3-5-11(21-9)13(16)17/h2,4,6,9,11,14H,3,5,7H2,1H3,(H,16,17). The first-order chi connectivity index (χ1) is 10.0. The van der Waals surface area contributed by atoms with Crippen molar-refractivity contribution in [2.45, 2.75) is 25.0 Å². The van der Waals surface area contributed by atoms with E-state index in [4.69, 9.17) is 14.6 Å². The van der Waals surface area contributed by atoms with Crippen LogP contribution in [0.5, 0.6) is 5.75 Å². The molecule has 0 aliphatic carbocycles. The van der Waals surface area contributed by atoms with Crippen LogP contribution in [0, 0.1) is 10.1 Å². The number of nitrogens with zero attached hydrogens (tertiary/aromatic N) is 1. The summed E-state index contributed by atoms with van der Waals surface area (Å²) in [6, 6.07) is 4.46. The van der Waals surface area contributed by atoms with Gasteiger partial charge in [-0.3, -0.25) is 10.1 Å². The molecule has 2 atom stereocenters. The molecule has 114 valence electrons. The Morgan fingerprint density at radius 2 is 2.33 bits per heavy atom. The van der Waals surface area contributed by atoms with Crippen molar-refractivity contribution in [2.75, 3.05) is 19.0 Å². The predicted molar refractivity (Wildman–Crippen MR) is 73.7 cm³/mol. The summed E-state index contributed by atoms with van der Waals surface area (Å²) in [5.74, 6) is -0.782. The molecule has 8 heteroatoms. The molecule has 1 fully saturated rings. The predicted octanol–water partition coefficient (Wildman–Crippen LogP) is 1.65. The highest BCUT2D eigenvalue weighted by atomic mass is 16.6. The maximum absolute atomic E-state index is 10.8. The first kappa shape index (κ1) is 15.0. The number of ether oxygens (including phenoxy) is 2. The molecule has 2 unspecified atom stereocenters. The van der Waals surface area contributed by atoms with Crippen LogP contribution >= 0.6 is 0 Å². The number of hydrogen-bond donors (Lipinski definition) is 2. The molecule has 0 radical (unpaired) electrons. The number of hydrogen-bond acceptors (Lipinski definition) is 6. The Morgan fingerprint density at radius 3 is 2.90 bits per heavy atom. The fourth-order valence-electron chi connectivity index (χ4n) is 2.21. The van der Waals surface area contributed by atoms with E-state index in [1.165, 1.54) is 19.2 Å². The van der Waals surface area contributed by atoms with Gasteiger partial charge in [0.25, 0.3) is 0 Å². The molecular formula is C13H16N2O6. The Balaban J connectivity index is 1.95. The van der Waals surface area contributed by atoms with Crippen molar-refractivity contribution in [3.05, 3.63) is 28.3 Å². The Morgan fingerprint density at radius 1 is 1.57 bits per heavy atom. The Bertz CT molecular complexity index is 547. The summed E-state index contributed by atoms with van der Waals surface area (Å²) in [4.78, 5) is 21.1. The van der Waals surface area contributed by atoms with E-state index < -0.39 is 17.0 Å².